The van der Waals surface area contributed by atoms with E-state index in [-0.39, 0.29) is 10.5 Å². The molecule has 0 spiro atoms. The van der Waals surface area contributed by atoms with E-state index in [4.69, 9.17) is 0 Å². The lowest BCUT2D eigenvalue weighted by atomic mass is 9.99. The number of carbonyl (C=O) groups excluding carboxylic acids is 2. The van der Waals surface area contributed by atoms with Gasteiger partial charge in [-0.05, 0) is 48.4 Å². The van der Waals surface area contributed by atoms with Crippen LogP contribution in [0.2, 0.25) is 0 Å². The van der Waals surface area contributed by atoms with Crippen LogP contribution in [0.4, 0.5) is 0 Å². The van der Waals surface area contributed by atoms with Crippen LogP contribution >= 0.6 is 0 Å². The molecule has 1 N–H and O–H groups in total. The van der Waals surface area contributed by atoms with Crippen molar-refractivity contribution in [2.24, 2.45) is 0 Å². The maximum atomic E-state index is 13.4. The maximum Gasteiger partial charge on any atom is 0.292 e. The molecule has 0 saturated carbocycles. The number of benzene rings is 4. The van der Waals surface area contributed by atoms with E-state index >= 15 is 0 Å². The zero-order valence-electron chi connectivity index (χ0n) is 19.8. The van der Waals surface area contributed by atoms with Gasteiger partial charge in [0.15, 0.2) is 0 Å². The number of ketones is 1. The SMILES string of the molecule is Cc1ccc(S(=O)(=O)n2cc(C(=O)C(=O)N[C@H](C)c3cccc4ccccc34)c3ccccc32)cc1. The number of rotatable bonds is 6. The minimum absolute atomic E-state index is 0.0314. The van der Waals surface area contributed by atoms with Gasteiger partial charge in [-0.15, -0.1) is 0 Å². The van der Waals surface area contributed by atoms with Gasteiger partial charge in [-0.25, -0.2) is 12.4 Å². The fourth-order valence-corrected chi connectivity index (χ4v) is 5.81. The number of amides is 1. The number of aromatic nitrogens is 1. The Morgan fingerprint density at radius 2 is 1.44 bits per heavy atom. The minimum Gasteiger partial charge on any atom is -0.343 e. The van der Waals surface area contributed by atoms with E-state index in [1.807, 2.05) is 56.3 Å². The first-order chi connectivity index (χ1) is 17.3. The number of hydrogen-bond acceptors (Lipinski definition) is 4. The fraction of sp³-hybridized carbons (Fsp3) is 0.103. The molecule has 4 aromatic carbocycles. The molecule has 7 heteroatoms. The van der Waals surface area contributed by atoms with Gasteiger partial charge in [-0.1, -0.05) is 78.4 Å². The summed E-state index contributed by atoms with van der Waals surface area (Å²) in [5.41, 5.74) is 2.18. The molecule has 0 bridgehead atoms. The molecule has 5 rings (SSSR count). The zero-order valence-corrected chi connectivity index (χ0v) is 20.6. The molecule has 180 valence electrons. The van der Waals surface area contributed by atoms with Gasteiger partial charge in [0.05, 0.1) is 22.0 Å². The van der Waals surface area contributed by atoms with Crippen LogP contribution in [0.25, 0.3) is 21.7 Å². The third-order valence-corrected chi connectivity index (χ3v) is 8.03. The second-order valence-electron chi connectivity index (χ2n) is 8.77. The van der Waals surface area contributed by atoms with Crippen LogP contribution in [0.3, 0.4) is 0 Å². The average molecular weight is 497 g/mol. The van der Waals surface area contributed by atoms with Gasteiger partial charge in [0.25, 0.3) is 21.7 Å². The molecule has 36 heavy (non-hydrogen) atoms. The Morgan fingerprint density at radius 1 is 0.806 bits per heavy atom. The number of aryl methyl sites for hydroxylation is 1. The first kappa shape index (κ1) is 23.5. The van der Waals surface area contributed by atoms with Crippen LogP contribution in [-0.2, 0) is 14.8 Å². The fourth-order valence-electron chi connectivity index (χ4n) is 4.44. The Hall–Kier alpha value is -4.23. The first-order valence-electron chi connectivity index (χ1n) is 11.5. The van der Waals surface area contributed by atoms with E-state index < -0.39 is 27.8 Å². The molecule has 1 atom stereocenters. The summed E-state index contributed by atoms with van der Waals surface area (Å²) < 4.78 is 27.9. The highest BCUT2D eigenvalue weighted by Crippen LogP contribution is 2.28. The number of fused-ring (bicyclic) bond motifs is 2. The average Bonchev–Trinajstić information content (AvgIpc) is 3.28. The molecule has 0 saturated heterocycles. The van der Waals surface area contributed by atoms with Gasteiger partial charge < -0.3 is 5.32 Å². The molecule has 0 fully saturated rings. The largest absolute Gasteiger partial charge is 0.343 e. The summed E-state index contributed by atoms with van der Waals surface area (Å²) >= 11 is 0. The van der Waals surface area contributed by atoms with Crippen molar-refractivity contribution in [2.75, 3.05) is 0 Å². The van der Waals surface area contributed by atoms with E-state index in [1.165, 1.54) is 18.3 Å². The van der Waals surface area contributed by atoms with Crippen molar-refractivity contribution in [3.8, 4) is 0 Å². The van der Waals surface area contributed by atoms with Crippen LogP contribution < -0.4 is 5.32 Å². The molecule has 0 aliphatic heterocycles. The van der Waals surface area contributed by atoms with E-state index in [9.17, 15) is 18.0 Å². The highest BCUT2D eigenvalue weighted by molar-refractivity contribution is 7.90. The van der Waals surface area contributed by atoms with E-state index in [2.05, 4.69) is 5.32 Å². The lowest BCUT2D eigenvalue weighted by Gasteiger charge is -2.16. The van der Waals surface area contributed by atoms with Crippen LogP contribution in [0, 0.1) is 6.92 Å². The summed E-state index contributed by atoms with van der Waals surface area (Å²) in [5, 5.41) is 5.21. The number of para-hydroxylation sites is 1. The van der Waals surface area contributed by atoms with Gasteiger partial charge in [0.2, 0.25) is 0 Å². The van der Waals surface area contributed by atoms with Crippen molar-refractivity contribution in [2.45, 2.75) is 24.8 Å². The van der Waals surface area contributed by atoms with Gasteiger partial charge in [-0.3, -0.25) is 9.59 Å². The Kier molecular flexibility index (Phi) is 5.94. The Bertz CT molecular complexity index is 1730. The summed E-state index contributed by atoms with van der Waals surface area (Å²) in [4.78, 5) is 26.4. The van der Waals surface area contributed by atoms with Crippen molar-refractivity contribution >= 4 is 43.4 Å². The maximum absolute atomic E-state index is 13.4. The van der Waals surface area contributed by atoms with Crippen molar-refractivity contribution in [1.29, 1.82) is 0 Å². The van der Waals surface area contributed by atoms with Crippen LogP contribution in [0.15, 0.2) is 102 Å². The molecule has 1 amide bonds. The lowest BCUT2D eigenvalue weighted by Crippen LogP contribution is -2.33. The topological polar surface area (TPSA) is 85.2 Å². The van der Waals surface area contributed by atoms with Gasteiger partial charge in [0.1, 0.15) is 0 Å². The molecule has 5 aromatic rings. The molecular weight excluding hydrogens is 472 g/mol. The minimum atomic E-state index is -3.98. The zero-order chi connectivity index (χ0) is 25.4. The molecule has 0 aliphatic carbocycles. The molecule has 0 radical (unpaired) electrons. The predicted octanol–water partition coefficient (Wildman–Crippen LogP) is 5.40. The molecule has 1 heterocycles. The lowest BCUT2D eigenvalue weighted by molar-refractivity contribution is -0.117. The molecular formula is C29H24N2O4S. The standard InChI is InChI=1S/C29H24N2O4S/c1-19-14-16-22(17-15-19)36(34,35)31-18-26(25-11-5-6-13-27(25)31)28(32)29(33)30-20(2)23-12-7-9-21-8-3-4-10-24(21)23/h3-18,20H,1-2H3,(H,30,33)/t20-/m1/s1. The third-order valence-electron chi connectivity index (χ3n) is 6.34. The quantitative estimate of drug-likeness (QED) is 0.252. The van der Waals surface area contributed by atoms with Crippen molar-refractivity contribution in [1.82, 2.24) is 9.29 Å². The van der Waals surface area contributed by atoms with Gasteiger partial charge in [-0.2, -0.15) is 0 Å². The van der Waals surface area contributed by atoms with Crippen LogP contribution in [-0.4, -0.2) is 24.1 Å². The summed E-state index contributed by atoms with van der Waals surface area (Å²) in [7, 11) is -3.98. The molecule has 1 aromatic heterocycles. The first-order valence-corrected chi connectivity index (χ1v) is 13.0. The van der Waals surface area contributed by atoms with Crippen molar-refractivity contribution in [3.05, 3.63) is 114 Å². The summed E-state index contributed by atoms with van der Waals surface area (Å²) in [6.45, 7) is 3.69. The number of hydrogen-bond donors (Lipinski definition) is 1. The highest BCUT2D eigenvalue weighted by atomic mass is 32.2. The number of Topliss-reactive ketones (excluding diaryl/α,β-unsaturated/α-hetero) is 1. The molecule has 0 aliphatic rings. The van der Waals surface area contributed by atoms with E-state index in [0.29, 0.717) is 10.9 Å². The summed E-state index contributed by atoms with van der Waals surface area (Å²) in [6.07, 6.45) is 1.24. The van der Waals surface area contributed by atoms with Crippen LogP contribution in [0.1, 0.15) is 34.5 Å². The second-order valence-corrected chi connectivity index (χ2v) is 10.6. The van der Waals surface area contributed by atoms with E-state index in [0.717, 1.165) is 25.9 Å². The normalized spacial score (nSPS) is 12.5. The number of nitrogens with zero attached hydrogens (tertiary/aromatic N) is 1. The van der Waals surface area contributed by atoms with Crippen molar-refractivity contribution in [3.63, 3.8) is 0 Å². The van der Waals surface area contributed by atoms with Gasteiger partial charge >= 0.3 is 0 Å². The van der Waals surface area contributed by atoms with Crippen LogP contribution in [0.5, 0.6) is 0 Å². The van der Waals surface area contributed by atoms with Gasteiger partial charge in [0, 0.05) is 11.6 Å². The third kappa shape index (κ3) is 4.07. The Morgan fingerprint density at radius 3 is 2.19 bits per heavy atom. The predicted molar refractivity (Wildman–Crippen MR) is 141 cm³/mol. The number of carbonyl (C=O) groups is 2. The Balaban J connectivity index is 1.50. The molecule has 6 nitrogen and oxygen atoms in total. The number of nitrogens with one attached hydrogen (secondary N) is 1. The van der Waals surface area contributed by atoms with Crippen molar-refractivity contribution < 1.29 is 18.0 Å². The summed E-state index contributed by atoms with van der Waals surface area (Å²) in [6, 6.07) is 26.4. The summed E-state index contributed by atoms with van der Waals surface area (Å²) in [5.74, 6) is -1.60. The highest BCUT2D eigenvalue weighted by Gasteiger charge is 2.27. The smallest absolute Gasteiger partial charge is 0.292 e. The Labute approximate surface area is 209 Å². The molecule has 0 unspecified atom stereocenters. The monoisotopic (exact) mass is 496 g/mol. The van der Waals surface area contributed by atoms with E-state index in [1.54, 1.807) is 36.4 Å². The second kappa shape index (κ2) is 9.09.